The molecular formula is C22H19ClFN3O. The second kappa shape index (κ2) is 7.00. The van der Waals surface area contributed by atoms with Gasteiger partial charge in [-0.3, -0.25) is 4.90 Å². The highest BCUT2D eigenvalue weighted by Gasteiger charge is 2.20. The fourth-order valence-corrected chi connectivity index (χ4v) is 4.13. The zero-order valence-corrected chi connectivity index (χ0v) is 15.9. The van der Waals surface area contributed by atoms with Crippen LogP contribution in [0.3, 0.4) is 0 Å². The number of rotatable bonds is 3. The molecule has 0 spiro atoms. The lowest BCUT2D eigenvalue weighted by molar-refractivity contribution is 0.220. The molecule has 0 radical (unpaired) electrons. The van der Waals surface area contributed by atoms with Gasteiger partial charge in [0.15, 0.2) is 0 Å². The molecule has 1 aliphatic heterocycles. The highest BCUT2D eigenvalue weighted by molar-refractivity contribution is 6.32. The number of hydrogen-bond acceptors (Lipinski definition) is 2. The monoisotopic (exact) mass is 395 g/mol. The minimum Gasteiger partial charge on any atom is -0.490 e. The average Bonchev–Trinajstić information content (AvgIpc) is 3.27. The Morgan fingerprint density at radius 2 is 2.07 bits per heavy atom. The molecule has 142 valence electrons. The second-order valence-corrected chi connectivity index (χ2v) is 7.49. The molecule has 4 aromatic rings. The van der Waals surface area contributed by atoms with Crippen LogP contribution in [0.5, 0.6) is 5.75 Å². The van der Waals surface area contributed by atoms with Crippen molar-refractivity contribution in [3.05, 3.63) is 83.0 Å². The molecule has 3 heterocycles. The first-order valence-electron chi connectivity index (χ1n) is 9.23. The van der Waals surface area contributed by atoms with E-state index in [1.165, 1.54) is 11.6 Å². The van der Waals surface area contributed by atoms with Crippen LogP contribution in [0.4, 0.5) is 4.39 Å². The number of H-pyrrole nitrogens is 1. The lowest BCUT2D eigenvalue weighted by atomic mass is 10.1. The minimum atomic E-state index is -0.237. The van der Waals surface area contributed by atoms with Crippen LogP contribution in [0.1, 0.15) is 11.1 Å². The van der Waals surface area contributed by atoms with E-state index >= 15 is 0 Å². The highest BCUT2D eigenvalue weighted by atomic mass is 35.5. The summed E-state index contributed by atoms with van der Waals surface area (Å²) in [6.45, 7) is 3.03. The van der Waals surface area contributed by atoms with Gasteiger partial charge in [0.05, 0.1) is 10.5 Å². The summed E-state index contributed by atoms with van der Waals surface area (Å²) < 4.78 is 21.5. The molecular weight excluding hydrogens is 377 g/mol. The van der Waals surface area contributed by atoms with Crippen LogP contribution in [-0.4, -0.2) is 27.6 Å². The molecule has 1 N–H and O–H groups in total. The molecule has 5 rings (SSSR count). The third-order valence-electron chi connectivity index (χ3n) is 5.15. The van der Waals surface area contributed by atoms with Gasteiger partial charge in [-0.1, -0.05) is 11.6 Å². The van der Waals surface area contributed by atoms with Gasteiger partial charge in [-0.2, -0.15) is 0 Å². The van der Waals surface area contributed by atoms with Gasteiger partial charge in [-0.05, 0) is 48.0 Å². The van der Waals surface area contributed by atoms with Crippen molar-refractivity contribution in [1.29, 1.82) is 0 Å². The average molecular weight is 396 g/mol. The number of halogens is 2. The Bertz CT molecular complexity index is 1140. The van der Waals surface area contributed by atoms with E-state index in [0.29, 0.717) is 11.6 Å². The van der Waals surface area contributed by atoms with E-state index in [0.717, 1.165) is 47.5 Å². The van der Waals surface area contributed by atoms with Crippen molar-refractivity contribution < 1.29 is 9.13 Å². The third kappa shape index (κ3) is 3.17. The Labute approximate surface area is 167 Å². The van der Waals surface area contributed by atoms with Gasteiger partial charge in [0.2, 0.25) is 0 Å². The van der Waals surface area contributed by atoms with Crippen LogP contribution in [-0.2, 0) is 13.1 Å². The SMILES string of the molecule is Fc1ccc2c(ccn2-c2cc(Cl)c3c(c2)CN(Cc2cc[nH]c2)CCO3)c1. The third-order valence-corrected chi connectivity index (χ3v) is 5.43. The predicted octanol–water partition coefficient (Wildman–Crippen LogP) is 5.15. The zero-order valence-electron chi connectivity index (χ0n) is 15.2. The van der Waals surface area contributed by atoms with E-state index in [-0.39, 0.29) is 5.82 Å². The van der Waals surface area contributed by atoms with Crippen molar-refractivity contribution in [2.45, 2.75) is 13.1 Å². The number of ether oxygens (including phenoxy) is 1. The van der Waals surface area contributed by atoms with Gasteiger partial charge in [0, 0.05) is 54.9 Å². The second-order valence-electron chi connectivity index (χ2n) is 7.08. The smallest absolute Gasteiger partial charge is 0.142 e. The van der Waals surface area contributed by atoms with Crippen LogP contribution in [0.15, 0.2) is 61.1 Å². The van der Waals surface area contributed by atoms with Crippen LogP contribution < -0.4 is 4.74 Å². The van der Waals surface area contributed by atoms with Gasteiger partial charge >= 0.3 is 0 Å². The summed E-state index contributed by atoms with van der Waals surface area (Å²) in [6.07, 6.45) is 5.89. The summed E-state index contributed by atoms with van der Waals surface area (Å²) >= 11 is 6.58. The summed E-state index contributed by atoms with van der Waals surface area (Å²) in [7, 11) is 0. The topological polar surface area (TPSA) is 33.2 Å². The summed E-state index contributed by atoms with van der Waals surface area (Å²) in [5.74, 6) is 0.517. The number of aromatic nitrogens is 2. The Morgan fingerprint density at radius 1 is 1.14 bits per heavy atom. The van der Waals surface area contributed by atoms with Crippen molar-refractivity contribution in [1.82, 2.24) is 14.5 Å². The maximum atomic E-state index is 13.5. The maximum Gasteiger partial charge on any atom is 0.142 e. The first-order valence-corrected chi connectivity index (χ1v) is 9.61. The van der Waals surface area contributed by atoms with Gasteiger partial charge in [0.25, 0.3) is 0 Å². The molecule has 6 heteroatoms. The van der Waals surface area contributed by atoms with Crippen molar-refractivity contribution in [2.75, 3.05) is 13.2 Å². The van der Waals surface area contributed by atoms with Gasteiger partial charge < -0.3 is 14.3 Å². The van der Waals surface area contributed by atoms with Crippen LogP contribution in [0.25, 0.3) is 16.6 Å². The quantitative estimate of drug-likeness (QED) is 0.520. The van der Waals surface area contributed by atoms with E-state index in [2.05, 4.69) is 22.0 Å². The molecule has 0 amide bonds. The molecule has 2 aromatic carbocycles. The van der Waals surface area contributed by atoms with Gasteiger partial charge in [-0.25, -0.2) is 4.39 Å². The highest BCUT2D eigenvalue weighted by Crippen LogP contribution is 2.35. The molecule has 0 fully saturated rings. The van der Waals surface area contributed by atoms with Crippen LogP contribution in [0, 0.1) is 5.82 Å². The molecule has 0 saturated carbocycles. The van der Waals surface area contributed by atoms with E-state index in [9.17, 15) is 4.39 Å². The Balaban J connectivity index is 1.53. The lowest BCUT2D eigenvalue weighted by Gasteiger charge is -2.19. The molecule has 2 aromatic heterocycles. The van der Waals surface area contributed by atoms with E-state index in [1.54, 1.807) is 12.1 Å². The van der Waals surface area contributed by atoms with Gasteiger partial charge in [0.1, 0.15) is 18.2 Å². The van der Waals surface area contributed by atoms with E-state index in [4.69, 9.17) is 16.3 Å². The largest absolute Gasteiger partial charge is 0.490 e. The molecule has 0 unspecified atom stereocenters. The predicted molar refractivity (Wildman–Crippen MR) is 109 cm³/mol. The van der Waals surface area contributed by atoms with Crippen LogP contribution in [0.2, 0.25) is 5.02 Å². The fourth-order valence-electron chi connectivity index (χ4n) is 3.84. The Morgan fingerprint density at radius 3 is 2.93 bits per heavy atom. The lowest BCUT2D eigenvalue weighted by Crippen LogP contribution is -2.25. The maximum absolute atomic E-state index is 13.5. The first-order chi connectivity index (χ1) is 13.7. The number of benzene rings is 2. The molecule has 1 aliphatic rings. The Hall–Kier alpha value is -2.76. The molecule has 28 heavy (non-hydrogen) atoms. The number of hydrogen-bond donors (Lipinski definition) is 1. The molecule has 0 saturated heterocycles. The molecule has 0 bridgehead atoms. The zero-order chi connectivity index (χ0) is 19.1. The molecule has 0 atom stereocenters. The molecule has 4 nitrogen and oxygen atoms in total. The summed E-state index contributed by atoms with van der Waals surface area (Å²) in [4.78, 5) is 5.45. The fraction of sp³-hybridized carbons (Fsp3) is 0.182. The standard InChI is InChI=1S/C22H19ClFN3O/c23-20-11-19(27-6-4-16-9-18(24)1-2-21(16)27)10-17-14-26(7-8-28-22(17)20)13-15-3-5-25-12-15/h1-6,9-12,25H,7-8,13-14H2. The first kappa shape index (κ1) is 17.3. The minimum absolute atomic E-state index is 0.237. The van der Waals surface area contributed by atoms with Crippen molar-refractivity contribution in [3.63, 3.8) is 0 Å². The van der Waals surface area contributed by atoms with Crippen LogP contribution >= 0.6 is 11.6 Å². The van der Waals surface area contributed by atoms with E-state index < -0.39 is 0 Å². The number of nitrogens with zero attached hydrogens (tertiary/aromatic N) is 2. The van der Waals surface area contributed by atoms with Crippen molar-refractivity contribution in [2.24, 2.45) is 0 Å². The van der Waals surface area contributed by atoms with Crippen molar-refractivity contribution in [3.8, 4) is 11.4 Å². The van der Waals surface area contributed by atoms with Gasteiger partial charge in [-0.15, -0.1) is 0 Å². The normalized spacial score (nSPS) is 14.6. The Kier molecular flexibility index (Phi) is 4.34. The summed E-state index contributed by atoms with van der Waals surface area (Å²) in [5, 5.41) is 1.45. The van der Waals surface area contributed by atoms with Crippen molar-refractivity contribution >= 4 is 22.5 Å². The summed E-state index contributed by atoms with van der Waals surface area (Å²) in [5.41, 5.74) is 4.18. The number of fused-ring (bicyclic) bond motifs is 2. The number of aromatic amines is 1. The van der Waals surface area contributed by atoms with E-state index in [1.807, 2.05) is 35.3 Å². The molecule has 0 aliphatic carbocycles. The summed E-state index contributed by atoms with van der Waals surface area (Å²) in [6, 6.07) is 12.8. The number of nitrogens with one attached hydrogen (secondary N) is 1.